The van der Waals surface area contributed by atoms with Gasteiger partial charge in [0.05, 0.1) is 23.4 Å². The molecule has 4 rings (SSSR count). The number of nitrogens with zero attached hydrogens (tertiary/aromatic N) is 5. The van der Waals surface area contributed by atoms with Crippen LogP contribution in [-0.2, 0) is 7.05 Å². The average Bonchev–Trinajstić information content (AvgIpc) is 3.33. The smallest absolute Gasteiger partial charge is 0.253 e. The van der Waals surface area contributed by atoms with E-state index in [1.165, 1.54) is 0 Å². The molecule has 1 fully saturated rings. The van der Waals surface area contributed by atoms with Gasteiger partial charge in [0.15, 0.2) is 0 Å². The van der Waals surface area contributed by atoms with Crippen LogP contribution >= 0.6 is 11.6 Å². The summed E-state index contributed by atoms with van der Waals surface area (Å²) in [5.74, 6) is 0.382. The molecule has 1 aliphatic heterocycles. The Bertz CT molecular complexity index is 973. The number of benzene rings is 1. The molecule has 1 saturated carbocycles. The van der Waals surface area contributed by atoms with Gasteiger partial charge in [-0.05, 0) is 44.4 Å². The third kappa shape index (κ3) is 3.99. The predicted molar refractivity (Wildman–Crippen MR) is 116 cm³/mol. The molecule has 2 aromatic rings. The van der Waals surface area contributed by atoms with Gasteiger partial charge in [0.2, 0.25) is 0 Å². The van der Waals surface area contributed by atoms with Gasteiger partial charge in [-0.1, -0.05) is 24.1 Å². The van der Waals surface area contributed by atoms with Crippen molar-refractivity contribution in [1.82, 2.24) is 14.5 Å². The van der Waals surface area contributed by atoms with Crippen molar-refractivity contribution in [2.24, 2.45) is 23.2 Å². The van der Waals surface area contributed by atoms with Gasteiger partial charge in [0.1, 0.15) is 0 Å². The van der Waals surface area contributed by atoms with Crippen molar-refractivity contribution in [2.45, 2.75) is 45.1 Å². The van der Waals surface area contributed by atoms with Gasteiger partial charge >= 0.3 is 0 Å². The molecule has 2 atom stereocenters. The standard InChI is InChI=1S/C22H26ClN5O/c1-14-21(27(2)13-24-14)20-12-19(25-26-20)15-6-5-9-18(11-15)28(3)22(29)16-7-4-8-17(23)10-16/h4,7-8,10,13,15,18H,5-6,9,11-12H2,1-3H3. The van der Waals surface area contributed by atoms with Gasteiger partial charge in [-0.2, -0.15) is 10.2 Å². The molecule has 0 saturated heterocycles. The highest BCUT2D eigenvalue weighted by Gasteiger charge is 2.33. The molecule has 2 unspecified atom stereocenters. The summed E-state index contributed by atoms with van der Waals surface area (Å²) in [4.78, 5) is 19.2. The second-order valence-corrected chi connectivity index (χ2v) is 8.48. The summed E-state index contributed by atoms with van der Waals surface area (Å²) in [5.41, 5.74) is 4.80. The number of aromatic nitrogens is 2. The van der Waals surface area contributed by atoms with Crippen LogP contribution in [0.25, 0.3) is 0 Å². The van der Waals surface area contributed by atoms with Gasteiger partial charge in [-0.15, -0.1) is 0 Å². The van der Waals surface area contributed by atoms with Gasteiger partial charge in [-0.3, -0.25) is 4.79 Å². The fourth-order valence-corrected chi connectivity index (χ4v) is 4.68. The lowest BCUT2D eigenvalue weighted by Gasteiger charge is -2.35. The predicted octanol–water partition coefficient (Wildman–Crippen LogP) is 4.26. The minimum absolute atomic E-state index is 0.0222. The lowest BCUT2D eigenvalue weighted by atomic mass is 9.80. The van der Waals surface area contributed by atoms with Crippen LogP contribution in [0.15, 0.2) is 40.8 Å². The van der Waals surface area contributed by atoms with E-state index in [9.17, 15) is 4.79 Å². The Kier molecular flexibility index (Phi) is 5.54. The van der Waals surface area contributed by atoms with Crippen molar-refractivity contribution in [2.75, 3.05) is 7.05 Å². The Morgan fingerprint density at radius 1 is 1.28 bits per heavy atom. The Morgan fingerprint density at radius 2 is 2.10 bits per heavy atom. The largest absolute Gasteiger partial charge is 0.339 e. The number of rotatable bonds is 4. The van der Waals surface area contributed by atoms with Crippen LogP contribution in [-0.4, -0.2) is 44.9 Å². The molecule has 29 heavy (non-hydrogen) atoms. The molecule has 1 aromatic carbocycles. The van der Waals surface area contributed by atoms with Crippen molar-refractivity contribution in [3.8, 4) is 0 Å². The van der Waals surface area contributed by atoms with Crippen molar-refractivity contribution >= 4 is 28.9 Å². The fourth-order valence-electron chi connectivity index (χ4n) is 4.49. The number of hydrogen-bond donors (Lipinski definition) is 0. The van der Waals surface area contributed by atoms with Crippen molar-refractivity contribution in [3.05, 3.63) is 52.6 Å². The highest BCUT2D eigenvalue weighted by molar-refractivity contribution is 6.31. The summed E-state index contributed by atoms with van der Waals surface area (Å²) in [7, 11) is 3.89. The van der Waals surface area contributed by atoms with Crippen LogP contribution in [0.2, 0.25) is 5.02 Å². The second kappa shape index (κ2) is 8.11. The van der Waals surface area contributed by atoms with Crippen molar-refractivity contribution < 1.29 is 4.79 Å². The minimum Gasteiger partial charge on any atom is -0.339 e. The molecular weight excluding hydrogens is 386 g/mol. The Morgan fingerprint density at radius 3 is 2.83 bits per heavy atom. The number of imidazole rings is 1. The van der Waals surface area contributed by atoms with Crippen LogP contribution < -0.4 is 0 Å². The van der Waals surface area contributed by atoms with E-state index in [0.717, 1.165) is 54.9 Å². The molecule has 1 aliphatic carbocycles. The molecule has 0 spiro atoms. The summed E-state index contributed by atoms with van der Waals surface area (Å²) < 4.78 is 2.01. The third-order valence-corrected chi connectivity index (χ3v) is 6.33. The molecule has 0 radical (unpaired) electrons. The maximum Gasteiger partial charge on any atom is 0.253 e. The first kappa shape index (κ1) is 19.8. The van der Waals surface area contributed by atoms with E-state index in [1.807, 2.05) is 48.9 Å². The van der Waals surface area contributed by atoms with E-state index in [4.69, 9.17) is 11.6 Å². The molecule has 1 aromatic heterocycles. The first-order valence-electron chi connectivity index (χ1n) is 10.1. The summed E-state index contributed by atoms with van der Waals surface area (Å²) in [6.45, 7) is 2.00. The van der Waals surface area contributed by atoms with E-state index in [-0.39, 0.29) is 11.9 Å². The number of amides is 1. The van der Waals surface area contributed by atoms with Crippen molar-refractivity contribution in [3.63, 3.8) is 0 Å². The highest BCUT2D eigenvalue weighted by Crippen LogP contribution is 2.32. The average molecular weight is 412 g/mol. The zero-order chi connectivity index (χ0) is 20.5. The molecule has 152 valence electrons. The lowest BCUT2D eigenvalue weighted by Crippen LogP contribution is -2.41. The maximum atomic E-state index is 12.9. The second-order valence-electron chi connectivity index (χ2n) is 8.05. The first-order valence-corrected chi connectivity index (χ1v) is 10.5. The molecule has 7 heteroatoms. The van der Waals surface area contributed by atoms with Gasteiger partial charge in [0.25, 0.3) is 5.91 Å². The van der Waals surface area contributed by atoms with Crippen LogP contribution in [0.4, 0.5) is 0 Å². The molecule has 0 N–H and O–H groups in total. The summed E-state index contributed by atoms with van der Waals surface area (Å²) >= 11 is 6.06. The van der Waals surface area contributed by atoms with E-state index in [0.29, 0.717) is 16.5 Å². The maximum absolute atomic E-state index is 12.9. The molecule has 1 amide bonds. The van der Waals surface area contributed by atoms with Crippen molar-refractivity contribution in [1.29, 1.82) is 0 Å². The number of halogens is 1. The molecule has 0 bridgehead atoms. The zero-order valence-electron chi connectivity index (χ0n) is 17.1. The summed E-state index contributed by atoms with van der Waals surface area (Å²) in [6, 6.07) is 7.36. The summed E-state index contributed by atoms with van der Waals surface area (Å²) in [5, 5.41) is 9.58. The number of carbonyl (C=O) groups is 1. The van der Waals surface area contributed by atoms with E-state index in [1.54, 1.807) is 12.1 Å². The fraction of sp³-hybridized carbons (Fsp3) is 0.455. The number of hydrogen-bond acceptors (Lipinski definition) is 4. The van der Waals surface area contributed by atoms with Crippen LogP contribution in [0.3, 0.4) is 0 Å². The molecular formula is C22H26ClN5O. The van der Waals surface area contributed by atoms with E-state index in [2.05, 4.69) is 15.2 Å². The number of aryl methyl sites for hydroxylation is 2. The minimum atomic E-state index is 0.0222. The van der Waals surface area contributed by atoms with Crippen LogP contribution in [0.1, 0.15) is 53.8 Å². The number of carbonyl (C=O) groups excluding carboxylic acids is 1. The highest BCUT2D eigenvalue weighted by atomic mass is 35.5. The normalized spacial score (nSPS) is 21.7. The molecule has 2 heterocycles. The summed E-state index contributed by atoms with van der Waals surface area (Å²) in [6.07, 6.45) is 6.71. The molecule has 6 nitrogen and oxygen atoms in total. The SMILES string of the molecule is Cc1ncn(C)c1C1=NN=C(C2CCCC(N(C)C(=O)c3cccc(Cl)c3)C2)C1. The van der Waals surface area contributed by atoms with Crippen LogP contribution in [0, 0.1) is 12.8 Å². The first-order chi connectivity index (χ1) is 13.9. The van der Waals surface area contributed by atoms with Crippen LogP contribution in [0.5, 0.6) is 0 Å². The lowest BCUT2D eigenvalue weighted by molar-refractivity contribution is 0.0683. The van der Waals surface area contributed by atoms with E-state index < -0.39 is 0 Å². The zero-order valence-corrected chi connectivity index (χ0v) is 17.9. The Labute approximate surface area is 176 Å². The Balaban J connectivity index is 1.42. The quantitative estimate of drug-likeness (QED) is 0.754. The van der Waals surface area contributed by atoms with Gasteiger partial charge < -0.3 is 9.47 Å². The van der Waals surface area contributed by atoms with E-state index >= 15 is 0 Å². The Hall–Kier alpha value is -2.47. The molecule has 2 aliphatic rings. The topological polar surface area (TPSA) is 62.9 Å². The van der Waals surface area contributed by atoms with Gasteiger partial charge in [-0.25, -0.2) is 4.98 Å². The monoisotopic (exact) mass is 411 g/mol. The third-order valence-electron chi connectivity index (χ3n) is 6.10. The van der Waals surface area contributed by atoms with Gasteiger partial charge in [0, 0.05) is 48.8 Å².